The summed E-state index contributed by atoms with van der Waals surface area (Å²) in [5, 5.41) is 21.0. The van der Waals surface area contributed by atoms with Crippen molar-refractivity contribution in [2.45, 2.75) is 32.7 Å². The summed E-state index contributed by atoms with van der Waals surface area (Å²) in [7, 11) is 0. The molecule has 1 aromatic rings. The number of aliphatic hydroxyl groups excluding tert-OH is 1. The summed E-state index contributed by atoms with van der Waals surface area (Å²) < 4.78 is 0. The van der Waals surface area contributed by atoms with E-state index in [1.807, 2.05) is 6.92 Å². The van der Waals surface area contributed by atoms with Crippen LogP contribution in [0.25, 0.3) is 0 Å². The zero-order chi connectivity index (χ0) is 12.8. The minimum Gasteiger partial charge on any atom is -0.508 e. The molecule has 94 valence electrons. The topological polar surface area (TPSA) is 69.6 Å². The maximum Gasteiger partial charge on any atom is 0.251 e. The largest absolute Gasteiger partial charge is 0.508 e. The monoisotopic (exact) mass is 237 g/mol. The van der Waals surface area contributed by atoms with Crippen LogP contribution in [0.3, 0.4) is 0 Å². The zero-order valence-electron chi connectivity index (χ0n) is 10.2. The van der Waals surface area contributed by atoms with Gasteiger partial charge in [0.15, 0.2) is 0 Å². The van der Waals surface area contributed by atoms with Gasteiger partial charge in [0.05, 0.1) is 0 Å². The first-order chi connectivity index (χ1) is 8.08. The van der Waals surface area contributed by atoms with E-state index in [-0.39, 0.29) is 24.3 Å². The van der Waals surface area contributed by atoms with Crippen molar-refractivity contribution in [2.24, 2.45) is 0 Å². The predicted octanol–water partition coefficient (Wildman–Crippen LogP) is 1.59. The molecule has 17 heavy (non-hydrogen) atoms. The molecule has 1 unspecified atom stereocenters. The fraction of sp³-hybridized carbons (Fsp3) is 0.462. The fourth-order valence-electron chi connectivity index (χ4n) is 1.70. The lowest BCUT2D eigenvalue weighted by atomic mass is 10.1. The summed E-state index contributed by atoms with van der Waals surface area (Å²) in [4.78, 5) is 11.9. The quantitative estimate of drug-likeness (QED) is 0.728. The number of aliphatic hydroxyl groups is 1. The van der Waals surface area contributed by atoms with Crippen LogP contribution in [0.1, 0.15) is 35.7 Å². The van der Waals surface area contributed by atoms with Gasteiger partial charge in [-0.15, -0.1) is 0 Å². The average molecular weight is 237 g/mol. The van der Waals surface area contributed by atoms with Gasteiger partial charge in [0, 0.05) is 18.2 Å². The van der Waals surface area contributed by atoms with Gasteiger partial charge in [0.2, 0.25) is 0 Å². The van der Waals surface area contributed by atoms with Crippen molar-refractivity contribution >= 4 is 5.91 Å². The zero-order valence-corrected chi connectivity index (χ0v) is 10.2. The van der Waals surface area contributed by atoms with Gasteiger partial charge in [0.25, 0.3) is 5.91 Å². The molecule has 0 spiro atoms. The number of hydrogen-bond acceptors (Lipinski definition) is 3. The van der Waals surface area contributed by atoms with E-state index in [1.165, 1.54) is 6.07 Å². The molecule has 0 aliphatic carbocycles. The number of phenolic OH excluding ortho intramolecular Hbond substituents is 1. The van der Waals surface area contributed by atoms with Gasteiger partial charge in [-0.2, -0.15) is 0 Å². The lowest BCUT2D eigenvalue weighted by Crippen LogP contribution is -2.35. The van der Waals surface area contributed by atoms with Gasteiger partial charge in [-0.1, -0.05) is 6.92 Å². The third-order valence-electron chi connectivity index (χ3n) is 2.76. The average Bonchev–Trinajstić information content (AvgIpc) is 2.28. The number of nitrogens with one attached hydrogen (secondary N) is 1. The Kier molecular flexibility index (Phi) is 4.97. The van der Waals surface area contributed by atoms with Crippen LogP contribution in [0.4, 0.5) is 0 Å². The van der Waals surface area contributed by atoms with Crippen LogP contribution >= 0.6 is 0 Å². The molecule has 1 aromatic carbocycles. The molecule has 1 atom stereocenters. The Morgan fingerprint density at radius 3 is 2.71 bits per heavy atom. The highest BCUT2D eigenvalue weighted by Gasteiger charge is 2.13. The van der Waals surface area contributed by atoms with Crippen LogP contribution in [-0.4, -0.2) is 28.8 Å². The Morgan fingerprint density at radius 2 is 2.18 bits per heavy atom. The number of aromatic hydroxyl groups is 1. The van der Waals surface area contributed by atoms with E-state index in [9.17, 15) is 9.90 Å². The van der Waals surface area contributed by atoms with Crippen LogP contribution in [0.15, 0.2) is 18.2 Å². The van der Waals surface area contributed by atoms with Crippen LogP contribution < -0.4 is 5.32 Å². The highest BCUT2D eigenvalue weighted by Crippen LogP contribution is 2.15. The normalized spacial score (nSPS) is 12.2. The first-order valence-electron chi connectivity index (χ1n) is 5.79. The Bertz CT molecular complexity index is 390. The number of rotatable bonds is 5. The maximum absolute atomic E-state index is 11.9. The van der Waals surface area contributed by atoms with E-state index >= 15 is 0 Å². The Labute approximate surface area is 101 Å². The van der Waals surface area contributed by atoms with Crippen molar-refractivity contribution in [2.75, 3.05) is 6.61 Å². The molecule has 0 radical (unpaired) electrons. The molecule has 0 saturated heterocycles. The minimum atomic E-state index is -0.164. The summed E-state index contributed by atoms with van der Waals surface area (Å²) in [6.45, 7) is 3.80. The van der Waals surface area contributed by atoms with Crippen LogP contribution in [0, 0.1) is 6.92 Å². The van der Waals surface area contributed by atoms with Crippen molar-refractivity contribution in [3.63, 3.8) is 0 Å². The van der Waals surface area contributed by atoms with E-state index in [1.54, 1.807) is 19.1 Å². The van der Waals surface area contributed by atoms with Gasteiger partial charge in [0.1, 0.15) is 5.75 Å². The third kappa shape index (κ3) is 3.75. The molecule has 0 aliphatic heterocycles. The van der Waals surface area contributed by atoms with Crippen molar-refractivity contribution in [3.05, 3.63) is 29.3 Å². The van der Waals surface area contributed by atoms with Crippen molar-refractivity contribution in [3.8, 4) is 5.75 Å². The molecule has 0 saturated carbocycles. The highest BCUT2D eigenvalue weighted by atomic mass is 16.3. The van der Waals surface area contributed by atoms with Crippen molar-refractivity contribution in [1.82, 2.24) is 5.32 Å². The SMILES string of the molecule is CCC(CCO)NC(=O)c1ccc(O)cc1C. The van der Waals surface area contributed by atoms with Gasteiger partial charge in [-0.05, 0) is 43.5 Å². The minimum absolute atomic E-state index is 0.0132. The predicted molar refractivity (Wildman–Crippen MR) is 66.1 cm³/mol. The highest BCUT2D eigenvalue weighted by molar-refractivity contribution is 5.95. The summed E-state index contributed by atoms with van der Waals surface area (Å²) in [5.74, 6) is -0.00995. The van der Waals surface area contributed by atoms with Crippen LogP contribution in [0.5, 0.6) is 5.75 Å². The first kappa shape index (κ1) is 13.5. The first-order valence-corrected chi connectivity index (χ1v) is 5.79. The smallest absolute Gasteiger partial charge is 0.251 e. The van der Waals surface area contributed by atoms with Crippen molar-refractivity contribution in [1.29, 1.82) is 0 Å². The lowest BCUT2D eigenvalue weighted by Gasteiger charge is -2.16. The second-order valence-electron chi connectivity index (χ2n) is 4.09. The van der Waals surface area contributed by atoms with Gasteiger partial charge in [-0.3, -0.25) is 4.79 Å². The second kappa shape index (κ2) is 6.25. The molecule has 0 aliphatic rings. The lowest BCUT2D eigenvalue weighted by molar-refractivity contribution is 0.0928. The molecule has 4 heteroatoms. The second-order valence-corrected chi connectivity index (χ2v) is 4.09. The van der Waals surface area contributed by atoms with Crippen LogP contribution in [-0.2, 0) is 0 Å². The number of aryl methyl sites for hydroxylation is 1. The molecule has 1 amide bonds. The third-order valence-corrected chi connectivity index (χ3v) is 2.76. The van der Waals surface area contributed by atoms with Gasteiger partial charge < -0.3 is 15.5 Å². The number of carbonyl (C=O) groups is 1. The van der Waals surface area contributed by atoms with E-state index in [2.05, 4.69) is 5.32 Å². The number of phenols is 1. The summed E-state index contributed by atoms with van der Waals surface area (Å²) >= 11 is 0. The van der Waals surface area contributed by atoms with E-state index in [0.717, 1.165) is 12.0 Å². The van der Waals surface area contributed by atoms with Crippen molar-refractivity contribution < 1.29 is 15.0 Å². The van der Waals surface area contributed by atoms with E-state index < -0.39 is 0 Å². The summed E-state index contributed by atoms with van der Waals surface area (Å²) in [6, 6.07) is 4.64. The molecular weight excluding hydrogens is 218 g/mol. The number of carbonyl (C=O) groups excluding carboxylic acids is 1. The van der Waals surface area contributed by atoms with Gasteiger partial charge in [-0.25, -0.2) is 0 Å². The number of benzene rings is 1. The Balaban J connectivity index is 2.75. The molecule has 0 heterocycles. The molecule has 0 aromatic heterocycles. The molecular formula is C13H19NO3. The number of amides is 1. The fourth-order valence-corrected chi connectivity index (χ4v) is 1.70. The molecule has 4 nitrogen and oxygen atoms in total. The maximum atomic E-state index is 11.9. The number of hydrogen-bond donors (Lipinski definition) is 3. The summed E-state index contributed by atoms with van der Waals surface area (Å²) in [5.41, 5.74) is 1.29. The molecule has 3 N–H and O–H groups in total. The Hall–Kier alpha value is -1.55. The van der Waals surface area contributed by atoms with E-state index in [0.29, 0.717) is 12.0 Å². The standard InChI is InChI=1S/C13H19NO3/c1-3-10(6-7-15)14-13(17)12-5-4-11(16)8-9(12)2/h4-5,8,10,15-16H,3,6-7H2,1-2H3,(H,14,17). The molecule has 1 rings (SSSR count). The molecule has 0 bridgehead atoms. The summed E-state index contributed by atoms with van der Waals surface area (Å²) in [6.07, 6.45) is 1.34. The van der Waals surface area contributed by atoms with Gasteiger partial charge >= 0.3 is 0 Å². The van der Waals surface area contributed by atoms with Crippen LogP contribution in [0.2, 0.25) is 0 Å². The van der Waals surface area contributed by atoms with E-state index in [4.69, 9.17) is 5.11 Å². The Morgan fingerprint density at radius 1 is 1.47 bits per heavy atom. The molecule has 0 fully saturated rings.